The zero-order valence-corrected chi connectivity index (χ0v) is 14.4. The Morgan fingerprint density at radius 2 is 1.70 bits per heavy atom. The van der Waals surface area contributed by atoms with E-state index in [1.807, 2.05) is 48.5 Å². The van der Waals surface area contributed by atoms with E-state index in [1.165, 1.54) is 5.56 Å². The highest BCUT2D eigenvalue weighted by Gasteiger charge is 2.11. The average Bonchev–Trinajstić information content (AvgIpc) is 2.58. The maximum atomic E-state index is 12.3. The number of anilines is 1. The van der Waals surface area contributed by atoms with Gasteiger partial charge in [0.05, 0.1) is 13.2 Å². The number of amides is 1. The average molecular weight is 375 g/mol. The molecule has 0 saturated carbocycles. The maximum absolute atomic E-state index is 12.3. The molecule has 1 N–H and O–H groups in total. The van der Waals surface area contributed by atoms with Gasteiger partial charge in [-0.15, -0.1) is 0 Å². The number of morpholine rings is 1. The van der Waals surface area contributed by atoms with Crippen LogP contribution in [-0.4, -0.2) is 37.1 Å². The highest BCUT2D eigenvalue weighted by molar-refractivity contribution is 9.10. The first-order chi connectivity index (χ1) is 11.2. The standard InChI is InChI=1S/C18H19BrN2O2/c19-16-5-7-17(8-6-16)20-18(22)15-3-1-14(2-4-15)13-21-9-11-23-12-10-21/h1-8H,9-13H2,(H,20,22). The van der Waals surface area contributed by atoms with E-state index in [-0.39, 0.29) is 5.91 Å². The van der Waals surface area contributed by atoms with Crippen molar-refractivity contribution in [3.05, 3.63) is 64.1 Å². The topological polar surface area (TPSA) is 41.6 Å². The van der Waals surface area contributed by atoms with Crippen LogP contribution in [0, 0.1) is 0 Å². The number of ether oxygens (including phenoxy) is 1. The molecule has 0 aromatic heterocycles. The molecule has 0 bridgehead atoms. The smallest absolute Gasteiger partial charge is 0.255 e. The first kappa shape index (κ1) is 16.2. The Labute approximate surface area is 144 Å². The highest BCUT2D eigenvalue weighted by Crippen LogP contribution is 2.16. The largest absolute Gasteiger partial charge is 0.379 e. The van der Waals surface area contributed by atoms with Crippen molar-refractivity contribution in [1.82, 2.24) is 4.90 Å². The molecule has 0 radical (unpaired) electrons. The van der Waals surface area contributed by atoms with Gasteiger partial charge in [-0.05, 0) is 42.0 Å². The predicted octanol–water partition coefficient (Wildman–Crippen LogP) is 3.53. The van der Waals surface area contributed by atoms with E-state index in [0.717, 1.165) is 43.0 Å². The normalized spacial score (nSPS) is 15.3. The number of carbonyl (C=O) groups is 1. The summed E-state index contributed by atoms with van der Waals surface area (Å²) in [6.07, 6.45) is 0. The minimum absolute atomic E-state index is 0.0924. The summed E-state index contributed by atoms with van der Waals surface area (Å²) >= 11 is 3.38. The molecule has 1 saturated heterocycles. The third-order valence-corrected chi connectivity index (χ3v) is 4.36. The van der Waals surface area contributed by atoms with Gasteiger partial charge in [0.2, 0.25) is 0 Å². The van der Waals surface area contributed by atoms with Crippen LogP contribution < -0.4 is 5.32 Å². The molecule has 1 aliphatic rings. The van der Waals surface area contributed by atoms with Crippen molar-refractivity contribution in [3.8, 4) is 0 Å². The summed E-state index contributed by atoms with van der Waals surface area (Å²) in [4.78, 5) is 14.6. The zero-order chi connectivity index (χ0) is 16.1. The van der Waals surface area contributed by atoms with Gasteiger partial charge >= 0.3 is 0 Å². The molecule has 1 amide bonds. The number of rotatable bonds is 4. The Balaban J connectivity index is 1.59. The van der Waals surface area contributed by atoms with Crippen molar-refractivity contribution in [1.29, 1.82) is 0 Å². The van der Waals surface area contributed by atoms with Crippen molar-refractivity contribution < 1.29 is 9.53 Å². The van der Waals surface area contributed by atoms with Gasteiger partial charge in [0.1, 0.15) is 0 Å². The zero-order valence-electron chi connectivity index (χ0n) is 12.8. The predicted molar refractivity (Wildman–Crippen MR) is 94.6 cm³/mol. The Morgan fingerprint density at radius 1 is 1.04 bits per heavy atom. The lowest BCUT2D eigenvalue weighted by Gasteiger charge is -2.26. The summed E-state index contributed by atoms with van der Waals surface area (Å²) in [5.74, 6) is -0.0924. The minimum atomic E-state index is -0.0924. The first-order valence-corrected chi connectivity index (χ1v) is 8.46. The lowest BCUT2D eigenvalue weighted by atomic mass is 10.1. The van der Waals surface area contributed by atoms with Crippen LogP contribution in [0.25, 0.3) is 0 Å². The highest BCUT2D eigenvalue weighted by atomic mass is 79.9. The number of hydrogen-bond donors (Lipinski definition) is 1. The molecule has 120 valence electrons. The molecule has 0 aliphatic carbocycles. The molecule has 0 spiro atoms. The van der Waals surface area contributed by atoms with Gasteiger partial charge in [-0.2, -0.15) is 0 Å². The van der Waals surface area contributed by atoms with Crippen LogP contribution in [0.5, 0.6) is 0 Å². The third-order valence-electron chi connectivity index (χ3n) is 3.83. The lowest BCUT2D eigenvalue weighted by molar-refractivity contribution is 0.0342. The van der Waals surface area contributed by atoms with Gasteiger partial charge < -0.3 is 10.1 Å². The summed E-state index contributed by atoms with van der Waals surface area (Å²) in [6, 6.07) is 15.3. The quantitative estimate of drug-likeness (QED) is 0.889. The van der Waals surface area contributed by atoms with Crippen molar-refractivity contribution in [2.24, 2.45) is 0 Å². The van der Waals surface area contributed by atoms with Crippen LogP contribution in [0.2, 0.25) is 0 Å². The van der Waals surface area contributed by atoms with E-state index < -0.39 is 0 Å². The van der Waals surface area contributed by atoms with Crippen molar-refractivity contribution in [2.45, 2.75) is 6.54 Å². The van der Waals surface area contributed by atoms with Crippen molar-refractivity contribution in [2.75, 3.05) is 31.6 Å². The van der Waals surface area contributed by atoms with Crippen LogP contribution in [0.3, 0.4) is 0 Å². The van der Waals surface area contributed by atoms with Gasteiger partial charge in [-0.25, -0.2) is 0 Å². The van der Waals surface area contributed by atoms with Gasteiger partial charge in [-0.3, -0.25) is 9.69 Å². The van der Waals surface area contributed by atoms with E-state index >= 15 is 0 Å². The summed E-state index contributed by atoms with van der Waals surface area (Å²) in [5.41, 5.74) is 2.67. The van der Waals surface area contributed by atoms with Crippen molar-refractivity contribution in [3.63, 3.8) is 0 Å². The Morgan fingerprint density at radius 3 is 2.35 bits per heavy atom. The summed E-state index contributed by atoms with van der Waals surface area (Å²) in [5, 5.41) is 2.90. The molecule has 1 fully saturated rings. The van der Waals surface area contributed by atoms with E-state index in [2.05, 4.69) is 26.1 Å². The molecule has 2 aromatic rings. The second-order valence-electron chi connectivity index (χ2n) is 5.55. The fourth-order valence-electron chi connectivity index (χ4n) is 2.52. The monoisotopic (exact) mass is 374 g/mol. The lowest BCUT2D eigenvalue weighted by Crippen LogP contribution is -2.35. The number of hydrogen-bond acceptors (Lipinski definition) is 3. The number of halogens is 1. The number of nitrogens with one attached hydrogen (secondary N) is 1. The van der Waals surface area contributed by atoms with E-state index in [9.17, 15) is 4.79 Å². The molecule has 23 heavy (non-hydrogen) atoms. The van der Waals surface area contributed by atoms with Crippen LogP contribution in [0.15, 0.2) is 53.0 Å². The molecule has 1 heterocycles. The molecule has 1 aliphatic heterocycles. The summed E-state index contributed by atoms with van der Waals surface area (Å²) in [7, 11) is 0. The van der Waals surface area contributed by atoms with Crippen LogP contribution in [0.4, 0.5) is 5.69 Å². The number of nitrogens with zero attached hydrogens (tertiary/aromatic N) is 1. The van der Waals surface area contributed by atoms with Crippen molar-refractivity contribution >= 4 is 27.5 Å². The SMILES string of the molecule is O=C(Nc1ccc(Br)cc1)c1ccc(CN2CCOCC2)cc1. The van der Waals surface area contributed by atoms with Gasteiger partial charge in [-0.1, -0.05) is 28.1 Å². The minimum Gasteiger partial charge on any atom is -0.379 e. The van der Waals surface area contributed by atoms with Gasteiger partial charge in [0.25, 0.3) is 5.91 Å². The second kappa shape index (κ2) is 7.73. The summed E-state index contributed by atoms with van der Waals surface area (Å²) in [6.45, 7) is 4.43. The molecular formula is C18H19BrN2O2. The molecule has 5 heteroatoms. The summed E-state index contributed by atoms with van der Waals surface area (Å²) < 4.78 is 6.34. The Kier molecular flexibility index (Phi) is 5.43. The molecule has 0 atom stereocenters. The molecular weight excluding hydrogens is 356 g/mol. The maximum Gasteiger partial charge on any atom is 0.255 e. The molecule has 4 nitrogen and oxygen atoms in total. The van der Waals surface area contributed by atoms with Gasteiger partial charge in [0, 0.05) is 35.4 Å². The number of carbonyl (C=O) groups excluding carboxylic acids is 1. The van der Waals surface area contributed by atoms with Gasteiger partial charge in [0.15, 0.2) is 0 Å². The fourth-order valence-corrected chi connectivity index (χ4v) is 2.78. The first-order valence-electron chi connectivity index (χ1n) is 7.67. The van der Waals surface area contributed by atoms with Crippen LogP contribution in [-0.2, 0) is 11.3 Å². The van der Waals surface area contributed by atoms with E-state index in [0.29, 0.717) is 5.56 Å². The fraction of sp³-hybridized carbons (Fsp3) is 0.278. The third kappa shape index (κ3) is 4.64. The second-order valence-corrected chi connectivity index (χ2v) is 6.46. The molecule has 3 rings (SSSR count). The molecule has 2 aromatic carbocycles. The number of benzene rings is 2. The Hall–Kier alpha value is -1.69. The van der Waals surface area contributed by atoms with Crippen LogP contribution >= 0.6 is 15.9 Å². The van der Waals surface area contributed by atoms with E-state index in [4.69, 9.17) is 4.74 Å². The molecule has 0 unspecified atom stereocenters. The Bertz CT molecular complexity index is 650. The van der Waals surface area contributed by atoms with E-state index in [1.54, 1.807) is 0 Å². The van der Waals surface area contributed by atoms with Crippen LogP contribution in [0.1, 0.15) is 15.9 Å².